The first-order valence-corrected chi connectivity index (χ1v) is 13.8. The number of Topliss-reactive ketones (excluding diaryl/α,β-unsaturated/α-hetero) is 2. The van der Waals surface area contributed by atoms with Crippen molar-refractivity contribution >= 4 is 43.4 Å². The van der Waals surface area contributed by atoms with E-state index in [1.807, 2.05) is 123 Å². The van der Waals surface area contributed by atoms with Gasteiger partial charge in [-0.1, -0.05) is 152 Å². The Bertz CT molecular complexity index is 1200. The zero-order valence-electron chi connectivity index (χ0n) is 20.3. The Morgan fingerprint density at radius 3 is 1.11 bits per heavy atom. The summed E-state index contributed by atoms with van der Waals surface area (Å²) < 4.78 is 0. The highest BCUT2D eigenvalue weighted by atomic mass is 79.9. The molecule has 2 nitrogen and oxygen atoms in total. The van der Waals surface area contributed by atoms with E-state index in [0.29, 0.717) is 11.1 Å². The molecule has 0 bridgehead atoms. The van der Waals surface area contributed by atoms with E-state index in [4.69, 9.17) is 0 Å². The smallest absolute Gasteiger partial charge is 0.177 e. The van der Waals surface area contributed by atoms with Crippen LogP contribution in [0.15, 0.2) is 109 Å². The SMILES string of the molecule is Cc1ccc(C(=O)[C@@H](Br)[C@H](c2ccccc2)[C@@H](c2ccccc2)[C@H](Br)C(=O)c2ccc(C)cc2)cc1. The van der Waals surface area contributed by atoms with Crippen LogP contribution in [0.2, 0.25) is 0 Å². The van der Waals surface area contributed by atoms with Crippen molar-refractivity contribution in [2.75, 3.05) is 0 Å². The standard InChI is InChI=1S/C32H28Br2O2/c1-21-13-17-25(18-14-21)31(35)29(33)27(23-9-5-3-6-10-23)28(24-11-7-4-8-12-24)30(34)32(36)26-19-15-22(2)16-20-26/h3-20,27-30H,1-2H3/t27-,28-,29+,30+/m1/s1. The van der Waals surface area contributed by atoms with Crippen LogP contribution in [0.4, 0.5) is 0 Å². The highest BCUT2D eigenvalue weighted by Crippen LogP contribution is 2.45. The molecule has 4 aromatic rings. The van der Waals surface area contributed by atoms with Crippen LogP contribution in [0.25, 0.3) is 0 Å². The van der Waals surface area contributed by atoms with Crippen molar-refractivity contribution in [1.82, 2.24) is 0 Å². The summed E-state index contributed by atoms with van der Waals surface area (Å²) in [5, 5.41) is 0. The molecule has 182 valence electrons. The lowest BCUT2D eigenvalue weighted by atomic mass is 9.75. The van der Waals surface area contributed by atoms with Gasteiger partial charge in [-0.2, -0.15) is 0 Å². The highest BCUT2D eigenvalue weighted by molar-refractivity contribution is 9.10. The topological polar surface area (TPSA) is 34.1 Å². The molecule has 0 N–H and O–H groups in total. The van der Waals surface area contributed by atoms with Gasteiger partial charge in [0.05, 0.1) is 9.65 Å². The molecule has 4 aromatic carbocycles. The van der Waals surface area contributed by atoms with Crippen molar-refractivity contribution in [2.24, 2.45) is 0 Å². The predicted molar refractivity (Wildman–Crippen MR) is 155 cm³/mol. The second kappa shape index (κ2) is 11.9. The number of halogens is 2. The molecule has 0 fully saturated rings. The first kappa shape index (κ1) is 26.2. The van der Waals surface area contributed by atoms with Crippen LogP contribution in [0.5, 0.6) is 0 Å². The first-order valence-electron chi connectivity index (χ1n) is 12.0. The number of rotatable bonds is 9. The van der Waals surface area contributed by atoms with Crippen molar-refractivity contribution in [2.45, 2.75) is 35.3 Å². The molecule has 0 aromatic heterocycles. The van der Waals surface area contributed by atoms with Crippen LogP contribution in [0.3, 0.4) is 0 Å². The van der Waals surface area contributed by atoms with E-state index in [1.54, 1.807) is 0 Å². The number of hydrogen-bond donors (Lipinski definition) is 0. The molecule has 0 heterocycles. The summed E-state index contributed by atoms with van der Waals surface area (Å²) in [7, 11) is 0. The van der Waals surface area contributed by atoms with Crippen LogP contribution >= 0.6 is 31.9 Å². The summed E-state index contributed by atoms with van der Waals surface area (Å²) >= 11 is 7.60. The van der Waals surface area contributed by atoms with Crippen LogP contribution in [-0.4, -0.2) is 21.2 Å². The maximum absolute atomic E-state index is 13.8. The van der Waals surface area contributed by atoms with E-state index >= 15 is 0 Å². The Morgan fingerprint density at radius 2 is 0.806 bits per heavy atom. The van der Waals surface area contributed by atoms with Crippen LogP contribution < -0.4 is 0 Å². The summed E-state index contributed by atoms with van der Waals surface area (Å²) in [5.74, 6) is -0.623. The largest absolute Gasteiger partial charge is 0.293 e. The first-order chi connectivity index (χ1) is 17.4. The molecule has 0 saturated carbocycles. The second-order valence-electron chi connectivity index (χ2n) is 9.14. The number of carbonyl (C=O) groups is 2. The van der Waals surface area contributed by atoms with E-state index in [1.165, 1.54) is 0 Å². The number of benzene rings is 4. The summed E-state index contributed by atoms with van der Waals surface area (Å²) in [6.45, 7) is 4.01. The fourth-order valence-corrected chi connectivity index (χ4v) is 6.34. The minimum absolute atomic E-state index is 0.00716. The molecule has 4 heteroatoms. The quantitative estimate of drug-likeness (QED) is 0.142. The Balaban J connectivity index is 1.82. The Morgan fingerprint density at radius 1 is 0.500 bits per heavy atom. The van der Waals surface area contributed by atoms with Gasteiger partial charge >= 0.3 is 0 Å². The summed E-state index contributed by atoms with van der Waals surface area (Å²) in [4.78, 5) is 26.4. The van der Waals surface area contributed by atoms with Crippen molar-refractivity contribution in [3.05, 3.63) is 143 Å². The van der Waals surface area contributed by atoms with Gasteiger partial charge in [0, 0.05) is 23.0 Å². The highest BCUT2D eigenvalue weighted by Gasteiger charge is 2.41. The van der Waals surface area contributed by atoms with Gasteiger partial charge in [-0.25, -0.2) is 0 Å². The third-order valence-electron chi connectivity index (χ3n) is 6.56. The van der Waals surface area contributed by atoms with Gasteiger partial charge in [0.1, 0.15) is 0 Å². The molecular weight excluding hydrogens is 576 g/mol. The molecule has 0 aliphatic heterocycles. The molecule has 0 spiro atoms. The Hall–Kier alpha value is -2.82. The molecule has 36 heavy (non-hydrogen) atoms. The maximum Gasteiger partial charge on any atom is 0.177 e. The molecule has 4 rings (SSSR count). The van der Waals surface area contributed by atoms with E-state index in [2.05, 4.69) is 31.9 Å². The predicted octanol–water partition coefficient (Wildman–Crippen LogP) is 8.46. The van der Waals surface area contributed by atoms with Gasteiger partial charge in [0.15, 0.2) is 11.6 Å². The molecule has 4 atom stereocenters. The molecule has 0 saturated heterocycles. The summed E-state index contributed by atoms with van der Waals surface area (Å²) in [5.41, 5.74) is 5.48. The molecule has 0 aliphatic carbocycles. The zero-order valence-corrected chi connectivity index (χ0v) is 23.4. The molecule has 0 amide bonds. The van der Waals surface area contributed by atoms with Gasteiger partial charge < -0.3 is 0 Å². The van der Waals surface area contributed by atoms with Crippen molar-refractivity contribution in [1.29, 1.82) is 0 Å². The lowest BCUT2D eigenvalue weighted by molar-refractivity contribution is 0.0950. The van der Waals surface area contributed by atoms with Gasteiger partial charge in [-0.3, -0.25) is 9.59 Å². The van der Waals surface area contributed by atoms with E-state index in [0.717, 1.165) is 22.3 Å². The lowest BCUT2D eigenvalue weighted by Crippen LogP contribution is -2.35. The molecule has 0 aliphatic rings. The summed E-state index contributed by atoms with van der Waals surface area (Å²) in [6, 6.07) is 35.3. The zero-order chi connectivity index (χ0) is 25.7. The van der Waals surface area contributed by atoms with Crippen molar-refractivity contribution < 1.29 is 9.59 Å². The number of aryl methyl sites for hydroxylation is 2. The normalized spacial score (nSPS) is 14.4. The van der Waals surface area contributed by atoms with Crippen LogP contribution in [0.1, 0.15) is 54.8 Å². The fourth-order valence-electron chi connectivity index (χ4n) is 4.55. The minimum atomic E-state index is -0.543. The van der Waals surface area contributed by atoms with Gasteiger partial charge in [0.25, 0.3) is 0 Å². The monoisotopic (exact) mass is 602 g/mol. The number of hydrogen-bond acceptors (Lipinski definition) is 2. The fraction of sp³-hybridized carbons (Fsp3) is 0.188. The van der Waals surface area contributed by atoms with Gasteiger partial charge in [-0.05, 0) is 25.0 Å². The van der Waals surface area contributed by atoms with Gasteiger partial charge in [0.2, 0.25) is 0 Å². The molecule has 0 unspecified atom stereocenters. The average molecular weight is 604 g/mol. The van der Waals surface area contributed by atoms with E-state index in [-0.39, 0.29) is 23.4 Å². The third kappa shape index (κ3) is 5.93. The third-order valence-corrected chi connectivity index (χ3v) is 8.53. The number of alkyl halides is 2. The van der Waals surface area contributed by atoms with Crippen molar-refractivity contribution in [3.8, 4) is 0 Å². The molecule has 0 radical (unpaired) electrons. The maximum atomic E-state index is 13.8. The Kier molecular flexibility index (Phi) is 8.71. The van der Waals surface area contributed by atoms with Crippen molar-refractivity contribution in [3.63, 3.8) is 0 Å². The summed E-state index contributed by atoms with van der Waals surface area (Å²) in [6.07, 6.45) is 0. The van der Waals surface area contributed by atoms with Crippen LogP contribution in [0, 0.1) is 13.8 Å². The minimum Gasteiger partial charge on any atom is -0.293 e. The molecular formula is C32H28Br2O2. The van der Waals surface area contributed by atoms with E-state index < -0.39 is 9.65 Å². The average Bonchev–Trinajstić information content (AvgIpc) is 2.92. The van der Waals surface area contributed by atoms with Crippen LogP contribution in [-0.2, 0) is 0 Å². The van der Waals surface area contributed by atoms with E-state index in [9.17, 15) is 9.59 Å². The lowest BCUT2D eigenvalue weighted by Gasteiger charge is -2.34. The number of ketones is 2. The van der Waals surface area contributed by atoms with Gasteiger partial charge in [-0.15, -0.1) is 0 Å². The second-order valence-corrected chi connectivity index (χ2v) is 11.1. The number of carbonyl (C=O) groups excluding carboxylic acids is 2. The Labute approximate surface area is 230 Å².